The molecular formula is C22H19F3N6O2. The first-order valence-corrected chi connectivity index (χ1v) is 9.78. The zero-order valence-corrected chi connectivity index (χ0v) is 17.4. The molecule has 0 saturated heterocycles. The van der Waals surface area contributed by atoms with E-state index >= 15 is 0 Å². The summed E-state index contributed by atoms with van der Waals surface area (Å²) in [6.45, 7) is -0.365. The number of halogens is 3. The Morgan fingerprint density at radius 1 is 1.18 bits per heavy atom. The van der Waals surface area contributed by atoms with Crippen molar-refractivity contribution in [1.29, 1.82) is 0 Å². The van der Waals surface area contributed by atoms with Crippen LogP contribution in [0, 0.1) is 0 Å². The topological polar surface area (TPSA) is 110 Å². The molecule has 4 rings (SSSR count). The maximum Gasteiger partial charge on any atom is 0.417 e. The molecule has 0 radical (unpaired) electrons. The number of aromatic nitrogens is 4. The van der Waals surface area contributed by atoms with E-state index in [1.54, 1.807) is 31.4 Å². The molecule has 0 atom stereocenters. The summed E-state index contributed by atoms with van der Waals surface area (Å²) in [5.41, 5.74) is 6.94. The van der Waals surface area contributed by atoms with Crippen LogP contribution in [0.5, 0.6) is 0 Å². The average molecular weight is 456 g/mol. The van der Waals surface area contributed by atoms with E-state index in [1.807, 2.05) is 0 Å². The summed E-state index contributed by atoms with van der Waals surface area (Å²) in [5, 5.41) is 14.3. The number of alkyl halides is 3. The third-order valence-electron chi connectivity index (χ3n) is 5.05. The molecule has 1 amide bonds. The number of carbonyl (C=O) groups is 1. The first-order valence-electron chi connectivity index (χ1n) is 9.78. The molecule has 3 N–H and O–H groups in total. The highest BCUT2D eigenvalue weighted by Crippen LogP contribution is 2.29. The number of benzene rings is 1. The second kappa shape index (κ2) is 8.51. The normalized spacial score (nSPS) is 11.7. The summed E-state index contributed by atoms with van der Waals surface area (Å²) in [6.07, 6.45) is -0.674. The van der Waals surface area contributed by atoms with Crippen molar-refractivity contribution in [2.24, 2.45) is 7.05 Å². The number of pyridine rings is 2. The molecule has 170 valence electrons. The van der Waals surface area contributed by atoms with Crippen molar-refractivity contribution in [2.45, 2.75) is 19.3 Å². The molecule has 0 bridgehead atoms. The second-order valence-corrected chi connectivity index (χ2v) is 7.40. The molecule has 0 unspecified atom stereocenters. The Labute approximate surface area is 186 Å². The Hall–Kier alpha value is -3.99. The van der Waals surface area contributed by atoms with E-state index in [0.717, 1.165) is 12.3 Å². The predicted molar refractivity (Wildman–Crippen MR) is 115 cm³/mol. The summed E-state index contributed by atoms with van der Waals surface area (Å²) in [5.74, 6) is -0.177. The predicted octanol–water partition coefficient (Wildman–Crippen LogP) is 3.30. The average Bonchev–Trinajstić information content (AvgIpc) is 3.21. The summed E-state index contributed by atoms with van der Waals surface area (Å²) in [4.78, 5) is 22.9. The van der Waals surface area contributed by atoms with Crippen LogP contribution < -0.4 is 10.6 Å². The van der Waals surface area contributed by atoms with E-state index in [9.17, 15) is 23.1 Å². The molecule has 0 aliphatic carbocycles. The van der Waals surface area contributed by atoms with Crippen LogP contribution in [0.1, 0.15) is 27.2 Å². The van der Waals surface area contributed by atoms with Crippen LogP contribution >= 0.6 is 0 Å². The Bertz CT molecular complexity index is 1320. The Kier molecular flexibility index (Phi) is 5.73. The maximum atomic E-state index is 13.5. The van der Waals surface area contributed by atoms with Gasteiger partial charge in [-0.15, -0.1) is 0 Å². The minimum Gasteiger partial charge on any atom is -0.392 e. The van der Waals surface area contributed by atoms with Crippen LogP contribution in [0.2, 0.25) is 0 Å². The zero-order chi connectivity index (χ0) is 23.8. The van der Waals surface area contributed by atoms with Gasteiger partial charge in [0, 0.05) is 30.4 Å². The molecule has 3 aromatic heterocycles. The van der Waals surface area contributed by atoms with Crippen molar-refractivity contribution in [2.75, 3.05) is 10.6 Å². The Balaban J connectivity index is 1.72. The van der Waals surface area contributed by atoms with Gasteiger partial charge in [-0.1, -0.05) is 0 Å². The van der Waals surface area contributed by atoms with Crippen molar-refractivity contribution in [1.82, 2.24) is 19.7 Å². The number of aliphatic hydroxyl groups excluding tert-OH is 1. The number of carbonyl (C=O) groups excluding carboxylic acids is 1. The highest BCUT2D eigenvalue weighted by atomic mass is 19.4. The molecule has 0 fully saturated rings. The van der Waals surface area contributed by atoms with E-state index in [4.69, 9.17) is 5.73 Å². The number of nitrogens with zero attached hydrogens (tertiary/aromatic N) is 5. The van der Waals surface area contributed by atoms with Gasteiger partial charge in [0.25, 0.3) is 5.91 Å². The summed E-state index contributed by atoms with van der Waals surface area (Å²) in [7, 11) is 1.68. The molecule has 0 aliphatic rings. The number of fused-ring (bicyclic) bond motifs is 1. The highest BCUT2D eigenvalue weighted by Gasteiger charge is 2.31. The van der Waals surface area contributed by atoms with Crippen LogP contribution in [0.4, 0.5) is 24.7 Å². The number of rotatable bonds is 5. The SMILES string of the molecule is Cn1cc(N(Cc2ccc(C(F)(F)F)cn2)C(=O)c2ccc3nc(N)cc(CO)c3c2)cn1. The van der Waals surface area contributed by atoms with Gasteiger partial charge in [-0.2, -0.15) is 18.3 Å². The fourth-order valence-corrected chi connectivity index (χ4v) is 3.41. The van der Waals surface area contributed by atoms with Crippen molar-refractivity contribution >= 4 is 28.3 Å². The van der Waals surface area contributed by atoms with Gasteiger partial charge in [0.1, 0.15) is 5.82 Å². The first kappa shape index (κ1) is 22.2. The van der Waals surface area contributed by atoms with E-state index in [1.165, 1.54) is 27.9 Å². The summed E-state index contributed by atoms with van der Waals surface area (Å²) in [6, 6.07) is 8.47. The quantitative estimate of drug-likeness (QED) is 0.477. The van der Waals surface area contributed by atoms with Crippen LogP contribution in [0.3, 0.4) is 0 Å². The molecule has 8 nitrogen and oxygen atoms in total. The van der Waals surface area contributed by atoms with E-state index in [-0.39, 0.29) is 24.7 Å². The van der Waals surface area contributed by atoms with Crippen LogP contribution in [-0.4, -0.2) is 30.8 Å². The maximum absolute atomic E-state index is 13.5. The van der Waals surface area contributed by atoms with Gasteiger partial charge in [0.15, 0.2) is 0 Å². The van der Waals surface area contributed by atoms with Crippen molar-refractivity contribution in [3.05, 3.63) is 77.4 Å². The van der Waals surface area contributed by atoms with Crippen LogP contribution in [0.25, 0.3) is 10.9 Å². The number of hydrogen-bond acceptors (Lipinski definition) is 6. The van der Waals surface area contributed by atoms with Gasteiger partial charge in [0.2, 0.25) is 0 Å². The fourth-order valence-electron chi connectivity index (χ4n) is 3.41. The highest BCUT2D eigenvalue weighted by molar-refractivity contribution is 6.08. The van der Waals surface area contributed by atoms with Gasteiger partial charge in [0.05, 0.1) is 41.8 Å². The number of aryl methyl sites for hydroxylation is 1. The van der Waals surface area contributed by atoms with Crippen molar-refractivity contribution < 1.29 is 23.1 Å². The second-order valence-electron chi connectivity index (χ2n) is 7.40. The number of amides is 1. The van der Waals surface area contributed by atoms with Crippen LogP contribution in [-0.2, 0) is 26.4 Å². The lowest BCUT2D eigenvalue weighted by Crippen LogP contribution is -2.30. The summed E-state index contributed by atoms with van der Waals surface area (Å²) < 4.78 is 40.1. The van der Waals surface area contributed by atoms with E-state index in [0.29, 0.717) is 27.7 Å². The molecule has 1 aromatic carbocycles. The third-order valence-corrected chi connectivity index (χ3v) is 5.05. The molecule has 3 heterocycles. The number of nitrogen functional groups attached to an aromatic ring is 1. The van der Waals surface area contributed by atoms with Crippen molar-refractivity contribution in [3.8, 4) is 0 Å². The van der Waals surface area contributed by atoms with Gasteiger partial charge in [-0.25, -0.2) is 4.98 Å². The molecule has 0 spiro atoms. The smallest absolute Gasteiger partial charge is 0.392 e. The number of anilines is 2. The fraction of sp³-hybridized carbons (Fsp3) is 0.182. The van der Waals surface area contributed by atoms with Crippen LogP contribution in [0.15, 0.2) is 55.0 Å². The molecular weight excluding hydrogens is 437 g/mol. The first-order chi connectivity index (χ1) is 15.7. The van der Waals surface area contributed by atoms with Gasteiger partial charge < -0.3 is 10.8 Å². The molecule has 0 aliphatic heterocycles. The largest absolute Gasteiger partial charge is 0.417 e. The number of aliphatic hydroxyl groups is 1. The lowest BCUT2D eigenvalue weighted by Gasteiger charge is -2.21. The lowest BCUT2D eigenvalue weighted by atomic mass is 10.0. The molecule has 4 aromatic rings. The van der Waals surface area contributed by atoms with E-state index in [2.05, 4.69) is 15.1 Å². The monoisotopic (exact) mass is 456 g/mol. The third kappa shape index (κ3) is 4.62. The number of nitrogens with two attached hydrogens (primary N) is 1. The molecule has 11 heteroatoms. The van der Waals surface area contributed by atoms with Crippen molar-refractivity contribution in [3.63, 3.8) is 0 Å². The lowest BCUT2D eigenvalue weighted by molar-refractivity contribution is -0.137. The molecule has 0 saturated carbocycles. The minimum atomic E-state index is -4.50. The Morgan fingerprint density at radius 3 is 2.58 bits per heavy atom. The Morgan fingerprint density at radius 2 is 1.97 bits per heavy atom. The van der Waals surface area contributed by atoms with Gasteiger partial charge in [-0.3, -0.25) is 19.4 Å². The summed E-state index contributed by atoms with van der Waals surface area (Å²) >= 11 is 0. The van der Waals surface area contributed by atoms with Gasteiger partial charge in [-0.05, 0) is 42.0 Å². The zero-order valence-electron chi connectivity index (χ0n) is 17.4. The minimum absolute atomic E-state index is 0.0758. The van der Waals surface area contributed by atoms with E-state index < -0.39 is 17.6 Å². The van der Waals surface area contributed by atoms with Gasteiger partial charge >= 0.3 is 6.18 Å². The molecule has 33 heavy (non-hydrogen) atoms. The standard InChI is InChI=1S/C22H19F3N6O2/c1-30-11-17(9-28-30)31(10-16-4-3-15(8-27-16)22(23,24)25)21(33)13-2-5-19-18(6-13)14(12-32)7-20(26)29-19/h2-9,11,32H,10,12H2,1H3,(H2,26,29). The number of hydrogen-bond donors (Lipinski definition) is 2.